The van der Waals surface area contributed by atoms with E-state index in [-0.39, 0.29) is 24.5 Å². The van der Waals surface area contributed by atoms with Gasteiger partial charge >= 0.3 is 0 Å². The Bertz CT molecular complexity index is 759. The third kappa shape index (κ3) is 5.54. The number of aromatic nitrogens is 1. The molecule has 1 aliphatic rings. The second-order valence-electron chi connectivity index (χ2n) is 6.15. The van der Waals surface area contributed by atoms with Crippen LogP contribution in [0.2, 0.25) is 0 Å². The van der Waals surface area contributed by atoms with Crippen LogP contribution in [0.1, 0.15) is 39.8 Å². The topological polar surface area (TPSA) is 83.1 Å². The average Bonchev–Trinajstić information content (AvgIpc) is 3.09. The molecular weight excluding hydrogens is 330 g/mol. The van der Waals surface area contributed by atoms with E-state index in [0.717, 1.165) is 17.0 Å². The highest BCUT2D eigenvalue weighted by atomic mass is 16.3. The van der Waals surface area contributed by atoms with Crippen molar-refractivity contribution in [3.05, 3.63) is 48.9 Å². The summed E-state index contributed by atoms with van der Waals surface area (Å²) >= 11 is 0. The van der Waals surface area contributed by atoms with Crippen LogP contribution in [0.15, 0.2) is 57.7 Å². The second-order valence-corrected chi connectivity index (χ2v) is 6.15. The first-order valence-electron chi connectivity index (χ1n) is 8.46. The van der Waals surface area contributed by atoms with Crippen molar-refractivity contribution in [1.29, 1.82) is 0 Å². The lowest BCUT2D eigenvalue weighted by Crippen LogP contribution is -2.32. The molecule has 0 aromatic carbocycles. The Morgan fingerprint density at radius 3 is 2.96 bits per heavy atom. The standard InChI is InChI=1S/C19H25N5O2/c1-13(18-11-26-12-20-18)6-7-14(2)23-19(25)8-9-21-24-16(4)10-15(3)22-17(24)5/h6-7,9-12,14,17H,1,8H2,2-5H3,(H,23,25)/b7-6-,21-9-. The Labute approximate surface area is 153 Å². The molecule has 1 aromatic rings. The first-order chi connectivity index (χ1) is 12.4. The monoisotopic (exact) mass is 355 g/mol. The minimum atomic E-state index is -0.137. The number of rotatable bonds is 7. The van der Waals surface area contributed by atoms with Crippen molar-refractivity contribution in [3.63, 3.8) is 0 Å². The lowest BCUT2D eigenvalue weighted by atomic mass is 10.2. The van der Waals surface area contributed by atoms with Crippen LogP contribution in [0.5, 0.6) is 0 Å². The van der Waals surface area contributed by atoms with Gasteiger partial charge in [0.1, 0.15) is 18.1 Å². The van der Waals surface area contributed by atoms with Crippen molar-refractivity contribution < 1.29 is 9.21 Å². The normalized spacial score (nSPS) is 18.8. The van der Waals surface area contributed by atoms with Gasteiger partial charge in [0, 0.05) is 23.7 Å². The predicted molar refractivity (Wildman–Crippen MR) is 104 cm³/mol. The van der Waals surface area contributed by atoms with Gasteiger partial charge in [-0.2, -0.15) is 5.10 Å². The highest BCUT2D eigenvalue weighted by Gasteiger charge is 2.16. The van der Waals surface area contributed by atoms with Gasteiger partial charge in [0.25, 0.3) is 0 Å². The van der Waals surface area contributed by atoms with Gasteiger partial charge in [-0.15, -0.1) is 0 Å². The second kappa shape index (κ2) is 8.94. The minimum absolute atomic E-state index is 0.0660. The van der Waals surface area contributed by atoms with E-state index in [1.54, 1.807) is 17.3 Å². The summed E-state index contributed by atoms with van der Waals surface area (Å²) in [5.41, 5.74) is 3.37. The largest absolute Gasteiger partial charge is 0.451 e. The zero-order chi connectivity index (χ0) is 19.1. The molecule has 2 heterocycles. The number of carbonyl (C=O) groups excluding carboxylic acids is 1. The van der Waals surface area contributed by atoms with Crippen molar-refractivity contribution >= 4 is 23.4 Å². The number of oxazole rings is 1. The molecule has 1 N–H and O–H groups in total. The molecule has 26 heavy (non-hydrogen) atoms. The van der Waals surface area contributed by atoms with Gasteiger partial charge in [0.15, 0.2) is 6.39 Å². The van der Waals surface area contributed by atoms with Crippen molar-refractivity contribution in [2.75, 3.05) is 0 Å². The molecule has 0 spiro atoms. The van der Waals surface area contributed by atoms with E-state index >= 15 is 0 Å². The van der Waals surface area contributed by atoms with Crippen LogP contribution in [0.3, 0.4) is 0 Å². The maximum absolute atomic E-state index is 12.0. The molecule has 2 unspecified atom stereocenters. The summed E-state index contributed by atoms with van der Waals surface area (Å²) in [7, 11) is 0. The highest BCUT2D eigenvalue weighted by Crippen LogP contribution is 2.16. The van der Waals surface area contributed by atoms with Crippen LogP contribution in [0, 0.1) is 0 Å². The van der Waals surface area contributed by atoms with Crippen LogP contribution >= 0.6 is 0 Å². The molecule has 0 saturated heterocycles. The summed E-state index contributed by atoms with van der Waals surface area (Å²) in [4.78, 5) is 20.5. The Kier molecular flexibility index (Phi) is 6.66. The highest BCUT2D eigenvalue weighted by molar-refractivity contribution is 5.94. The molecule has 1 aliphatic heterocycles. The number of nitrogens with zero attached hydrogens (tertiary/aromatic N) is 4. The Morgan fingerprint density at radius 2 is 2.31 bits per heavy atom. The summed E-state index contributed by atoms with van der Waals surface area (Å²) in [5, 5.41) is 9.04. The predicted octanol–water partition coefficient (Wildman–Crippen LogP) is 3.15. The van der Waals surface area contributed by atoms with Gasteiger partial charge in [-0.3, -0.25) is 9.79 Å². The number of carbonyl (C=O) groups is 1. The zero-order valence-electron chi connectivity index (χ0n) is 15.6. The molecule has 1 amide bonds. The fourth-order valence-corrected chi connectivity index (χ4v) is 2.53. The zero-order valence-corrected chi connectivity index (χ0v) is 15.6. The van der Waals surface area contributed by atoms with Gasteiger partial charge in [-0.05, 0) is 39.3 Å². The average molecular weight is 355 g/mol. The summed E-state index contributed by atoms with van der Waals surface area (Å²) in [6.07, 6.45) is 10.2. The van der Waals surface area contributed by atoms with Gasteiger partial charge in [-0.25, -0.2) is 9.99 Å². The number of allylic oxidation sites excluding steroid dienone is 4. The van der Waals surface area contributed by atoms with Crippen LogP contribution < -0.4 is 5.32 Å². The fourth-order valence-electron chi connectivity index (χ4n) is 2.53. The van der Waals surface area contributed by atoms with Gasteiger partial charge in [0.2, 0.25) is 5.91 Å². The summed E-state index contributed by atoms with van der Waals surface area (Å²) in [5.74, 6) is -0.107. The summed E-state index contributed by atoms with van der Waals surface area (Å²) in [6.45, 7) is 11.7. The van der Waals surface area contributed by atoms with Crippen molar-refractivity contribution in [3.8, 4) is 0 Å². The number of hydrogen-bond acceptors (Lipinski definition) is 6. The molecule has 0 aliphatic carbocycles. The number of amides is 1. The summed E-state index contributed by atoms with van der Waals surface area (Å²) < 4.78 is 4.92. The van der Waals surface area contributed by atoms with E-state index < -0.39 is 0 Å². The van der Waals surface area contributed by atoms with E-state index in [1.807, 2.05) is 39.8 Å². The first-order valence-corrected chi connectivity index (χ1v) is 8.46. The Balaban J connectivity index is 1.79. The van der Waals surface area contributed by atoms with Gasteiger partial charge in [0.05, 0.1) is 6.42 Å². The van der Waals surface area contributed by atoms with Crippen LogP contribution in [-0.4, -0.2) is 40.0 Å². The lowest BCUT2D eigenvalue weighted by Gasteiger charge is -2.27. The molecule has 138 valence electrons. The third-order valence-corrected chi connectivity index (χ3v) is 3.74. The van der Waals surface area contributed by atoms with Crippen LogP contribution in [0.25, 0.3) is 5.57 Å². The molecule has 2 atom stereocenters. The SMILES string of the molecule is C=C(/C=C\C(C)NC(=O)C/C=N\N1C(C)=CC(C)=NC1C)c1cocn1. The molecule has 0 fully saturated rings. The molecule has 1 aromatic heterocycles. The molecule has 0 saturated carbocycles. The van der Waals surface area contributed by atoms with Crippen molar-refractivity contribution in [1.82, 2.24) is 15.3 Å². The minimum Gasteiger partial charge on any atom is -0.451 e. The van der Waals surface area contributed by atoms with Crippen LogP contribution in [0.4, 0.5) is 0 Å². The molecule has 7 heteroatoms. The molecule has 0 radical (unpaired) electrons. The van der Waals surface area contributed by atoms with Crippen molar-refractivity contribution in [2.45, 2.75) is 46.3 Å². The number of aliphatic imine (C=N–C) groups is 1. The quantitative estimate of drug-likeness (QED) is 0.601. The third-order valence-electron chi connectivity index (χ3n) is 3.74. The number of nitrogens with one attached hydrogen (secondary N) is 1. The maximum Gasteiger partial charge on any atom is 0.225 e. The van der Waals surface area contributed by atoms with E-state index in [1.165, 1.54) is 12.7 Å². The summed E-state index contributed by atoms with van der Waals surface area (Å²) in [6, 6.07) is -0.137. The maximum atomic E-state index is 12.0. The van der Waals surface area contributed by atoms with E-state index in [0.29, 0.717) is 5.69 Å². The van der Waals surface area contributed by atoms with E-state index in [4.69, 9.17) is 4.42 Å². The van der Waals surface area contributed by atoms with Gasteiger partial charge in [-0.1, -0.05) is 18.7 Å². The Hall–Kier alpha value is -2.96. The number of hydrazone groups is 1. The first kappa shape index (κ1) is 19.4. The van der Waals surface area contributed by atoms with E-state index in [2.05, 4.69) is 27.0 Å². The lowest BCUT2D eigenvalue weighted by molar-refractivity contribution is -0.120. The molecule has 0 bridgehead atoms. The van der Waals surface area contributed by atoms with Gasteiger partial charge < -0.3 is 9.73 Å². The van der Waals surface area contributed by atoms with E-state index in [9.17, 15) is 4.79 Å². The smallest absolute Gasteiger partial charge is 0.225 e. The van der Waals surface area contributed by atoms with Crippen molar-refractivity contribution in [2.24, 2.45) is 10.1 Å². The van der Waals surface area contributed by atoms with Crippen LogP contribution in [-0.2, 0) is 4.79 Å². The molecular formula is C19H25N5O2. The fraction of sp³-hybridized carbons (Fsp3) is 0.368. The Morgan fingerprint density at radius 1 is 1.54 bits per heavy atom. The molecule has 2 rings (SSSR count). The number of hydrogen-bond donors (Lipinski definition) is 1. The molecule has 7 nitrogen and oxygen atoms in total.